The number of fused-ring (bicyclic) bond motifs is 1. The monoisotopic (exact) mass is 591 g/mol. The molecule has 0 atom stereocenters. The molecule has 3 aliphatic heterocycles. The molecule has 4 aromatic rings. The fourth-order valence-electron chi connectivity index (χ4n) is 6.52. The lowest BCUT2D eigenvalue weighted by Gasteiger charge is -2.47. The van der Waals surface area contributed by atoms with E-state index in [0.717, 1.165) is 52.9 Å². The number of aryl methyl sites for hydroxylation is 1. The SMILES string of the molecule is C=CC(=O)N1CC2(CCN(c3nc(OCc4ccc(N5CCOCC5)cn4)nc(-c4c(C)ccc5[nH]ncc45)c3C#N)C2)C1. The average molecular weight is 592 g/mol. The van der Waals surface area contributed by atoms with Crippen molar-refractivity contribution in [1.29, 1.82) is 5.26 Å². The number of hydrogen-bond acceptors (Lipinski definition) is 10. The summed E-state index contributed by atoms with van der Waals surface area (Å²) in [5.41, 5.74) is 5.27. The molecule has 0 bridgehead atoms. The molecule has 3 saturated heterocycles. The van der Waals surface area contributed by atoms with Gasteiger partial charge in [0.1, 0.15) is 18.2 Å². The smallest absolute Gasteiger partial charge is 0.319 e. The van der Waals surface area contributed by atoms with E-state index in [1.165, 1.54) is 6.08 Å². The first-order valence-electron chi connectivity index (χ1n) is 14.8. The molecule has 12 nitrogen and oxygen atoms in total. The van der Waals surface area contributed by atoms with Crippen LogP contribution in [-0.4, -0.2) is 88.4 Å². The number of morpholine rings is 1. The molecular weight excluding hydrogens is 558 g/mol. The Morgan fingerprint density at radius 3 is 2.73 bits per heavy atom. The van der Waals surface area contributed by atoms with Gasteiger partial charge in [0.15, 0.2) is 5.82 Å². The van der Waals surface area contributed by atoms with Crippen molar-refractivity contribution in [2.45, 2.75) is 20.0 Å². The van der Waals surface area contributed by atoms with E-state index >= 15 is 0 Å². The summed E-state index contributed by atoms with van der Waals surface area (Å²) in [5, 5.41) is 18.6. The molecule has 0 aliphatic carbocycles. The zero-order chi connectivity index (χ0) is 30.3. The van der Waals surface area contributed by atoms with Crippen LogP contribution in [-0.2, 0) is 16.1 Å². The summed E-state index contributed by atoms with van der Waals surface area (Å²) in [4.78, 5) is 32.6. The Morgan fingerprint density at radius 1 is 1.14 bits per heavy atom. The molecule has 0 saturated carbocycles. The van der Waals surface area contributed by atoms with Crippen LogP contribution in [0, 0.1) is 23.7 Å². The number of amides is 1. The first-order chi connectivity index (χ1) is 21.5. The molecule has 0 radical (unpaired) electrons. The second kappa shape index (κ2) is 11.2. The van der Waals surface area contributed by atoms with E-state index in [2.05, 4.69) is 37.6 Å². The van der Waals surface area contributed by atoms with Gasteiger partial charge in [-0.2, -0.15) is 20.3 Å². The fourth-order valence-corrected chi connectivity index (χ4v) is 6.52. The van der Waals surface area contributed by atoms with Crippen LogP contribution in [0.5, 0.6) is 6.01 Å². The summed E-state index contributed by atoms with van der Waals surface area (Å²) >= 11 is 0. The number of likely N-dealkylation sites (tertiary alicyclic amines) is 1. The van der Waals surface area contributed by atoms with Gasteiger partial charge in [-0.25, -0.2) is 0 Å². The number of nitrogens with one attached hydrogen (secondary N) is 1. The number of ether oxygens (including phenoxy) is 2. The highest BCUT2D eigenvalue weighted by molar-refractivity contribution is 5.97. The third kappa shape index (κ3) is 4.99. The summed E-state index contributed by atoms with van der Waals surface area (Å²) in [5.74, 6) is 0.482. The molecule has 1 amide bonds. The van der Waals surface area contributed by atoms with E-state index in [4.69, 9.17) is 19.4 Å². The second-order valence-electron chi connectivity index (χ2n) is 11.7. The quantitative estimate of drug-likeness (QED) is 0.319. The molecular formula is C32H33N9O3. The Hall–Kier alpha value is -5.02. The lowest BCUT2D eigenvalue weighted by molar-refractivity contribution is -0.136. The summed E-state index contributed by atoms with van der Waals surface area (Å²) in [6.45, 7) is 11.6. The maximum absolute atomic E-state index is 12.1. The number of H-pyrrole nitrogens is 1. The molecule has 1 spiro atoms. The van der Waals surface area contributed by atoms with Crippen LogP contribution < -0.4 is 14.5 Å². The van der Waals surface area contributed by atoms with E-state index in [-0.39, 0.29) is 23.9 Å². The molecule has 44 heavy (non-hydrogen) atoms. The highest BCUT2D eigenvalue weighted by atomic mass is 16.5. The number of nitrogens with zero attached hydrogens (tertiary/aromatic N) is 8. The Morgan fingerprint density at radius 2 is 1.98 bits per heavy atom. The summed E-state index contributed by atoms with van der Waals surface area (Å²) in [6.07, 6.45) is 5.86. The maximum atomic E-state index is 12.1. The van der Waals surface area contributed by atoms with E-state index in [0.29, 0.717) is 56.5 Å². The zero-order valence-electron chi connectivity index (χ0n) is 24.6. The van der Waals surface area contributed by atoms with Crippen LogP contribution in [0.4, 0.5) is 11.5 Å². The van der Waals surface area contributed by atoms with Crippen molar-refractivity contribution in [2.24, 2.45) is 5.41 Å². The molecule has 3 fully saturated rings. The van der Waals surface area contributed by atoms with Crippen molar-refractivity contribution in [3.63, 3.8) is 0 Å². The van der Waals surface area contributed by atoms with Crippen molar-refractivity contribution in [3.05, 3.63) is 66.1 Å². The second-order valence-corrected chi connectivity index (χ2v) is 11.7. The predicted molar refractivity (Wildman–Crippen MR) is 164 cm³/mol. The standard InChI is InChI=1S/C32H33N9O3/c1-3-27(42)41-19-32(20-41)8-9-40(18-32)30-24(14-33)29(28-21(2)4-7-26-25(28)16-35-38-26)36-31(37-30)44-17-22-5-6-23(15-34-22)39-10-12-43-13-11-39/h3-7,15-16H,1,8-13,17-20H2,2H3,(H,35,38). The molecule has 12 heteroatoms. The van der Waals surface area contributed by atoms with Crippen LogP contribution in [0.3, 0.4) is 0 Å². The highest BCUT2D eigenvalue weighted by Crippen LogP contribution is 2.43. The number of rotatable bonds is 7. The number of anilines is 2. The molecule has 1 N–H and O–H groups in total. The largest absolute Gasteiger partial charge is 0.457 e. The number of hydrogen-bond donors (Lipinski definition) is 1. The predicted octanol–water partition coefficient (Wildman–Crippen LogP) is 3.24. The van der Waals surface area contributed by atoms with Gasteiger partial charge in [-0.15, -0.1) is 0 Å². The molecule has 224 valence electrons. The van der Waals surface area contributed by atoms with Gasteiger partial charge in [0.05, 0.1) is 48.2 Å². The first kappa shape index (κ1) is 27.8. The van der Waals surface area contributed by atoms with Crippen LogP contribution in [0.2, 0.25) is 0 Å². The van der Waals surface area contributed by atoms with E-state index in [9.17, 15) is 10.1 Å². The van der Waals surface area contributed by atoms with E-state index in [1.807, 2.05) is 42.3 Å². The van der Waals surface area contributed by atoms with Crippen molar-refractivity contribution in [3.8, 4) is 23.3 Å². The maximum Gasteiger partial charge on any atom is 0.319 e. The minimum atomic E-state index is -0.0536. The average Bonchev–Trinajstić information content (AvgIpc) is 3.71. The van der Waals surface area contributed by atoms with Crippen molar-refractivity contribution < 1.29 is 14.3 Å². The lowest BCUT2D eigenvalue weighted by atomic mass is 9.79. The summed E-state index contributed by atoms with van der Waals surface area (Å²) < 4.78 is 11.6. The van der Waals surface area contributed by atoms with Crippen LogP contribution in [0.15, 0.2) is 49.3 Å². The fraction of sp³-hybridized carbons (Fsp3) is 0.375. The number of aromatic nitrogens is 5. The lowest BCUT2D eigenvalue weighted by Crippen LogP contribution is -2.59. The van der Waals surface area contributed by atoms with Gasteiger partial charge in [0.2, 0.25) is 5.91 Å². The van der Waals surface area contributed by atoms with E-state index in [1.54, 1.807) is 6.20 Å². The first-order valence-corrected chi connectivity index (χ1v) is 14.8. The van der Waals surface area contributed by atoms with Crippen LogP contribution in [0.1, 0.15) is 23.2 Å². The zero-order valence-corrected chi connectivity index (χ0v) is 24.6. The molecule has 1 aromatic carbocycles. The number of nitriles is 1. The van der Waals surface area contributed by atoms with Gasteiger partial charge in [-0.1, -0.05) is 12.6 Å². The molecule has 0 unspecified atom stereocenters. The third-order valence-electron chi connectivity index (χ3n) is 8.86. The Balaban J connectivity index is 1.21. The van der Waals surface area contributed by atoms with Crippen molar-refractivity contribution in [2.75, 3.05) is 62.3 Å². The van der Waals surface area contributed by atoms with Crippen LogP contribution >= 0.6 is 0 Å². The molecule has 3 aromatic heterocycles. The Labute approximate surface area is 254 Å². The van der Waals surface area contributed by atoms with Crippen molar-refractivity contribution >= 4 is 28.3 Å². The van der Waals surface area contributed by atoms with E-state index < -0.39 is 0 Å². The van der Waals surface area contributed by atoms with Crippen LogP contribution in [0.25, 0.3) is 22.2 Å². The number of carbonyl (C=O) groups excluding carboxylic acids is 1. The van der Waals surface area contributed by atoms with Gasteiger partial charge < -0.3 is 24.2 Å². The molecule has 6 heterocycles. The number of benzene rings is 1. The Bertz CT molecular complexity index is 1770. The topological polar surface area (TPSA) is 136 Å². The molecule has 3 aliphatic rings. The molecule has 7 rings (SSSR count). The normalized spacial score (nSPS) is 17.5. The van der Waals surface area contributed by atoms with Gasteiger partial charge in [0, 0.05) is 55.6 Å². The van der Waals surface area contributed by atoms with Crippen molar-refractivity contribution in [1.82, 2.24) is 30.0 Å². The summed E-state index contributed by atoms with van der Waals surface area (Å²) in [7, 11) is 0. The van der Waals surface area contributed by atoms with Gasteiger partial charge in [0.25, 0.3) is 0 Å². The minimum Gasteiger partial charge on any atom is -0.457 e. The number of aromatic amines is 1. The van der Waals surface area contributed by atoms with Gasteiger partial charge in [-0.3, -0.25) is 14.9 Å². The minimum absolute atomic E-state index is 0.0375. The van der Waals surface area contributed by atoms with Gasteiger partial charge in [-0.05, 0) is 43.2 Å². The summed E-state index contributed by atoms with van der Waals surface area (Å²) in [6, 6.07) is 10.5. The number of pyridine rings is 1. The highest BCUT2D eigenvalue weighted by Gasteiger charge is 2.49. The number of carbonyl (C=O) groups is 1. The van der Waals surface area contributed by atoms with Gasteiger partial charge >= 0.3 is 6.01 Å². The Kier molecular flexibility index (Phi) is 7.10. The third-order valence-corrected chi connectivity index (χ3v) is 8.86.